The average molecular weight is 380 g/mol. The second-order valence-electron chi connectivity index (χ2n) is 2.91. The van der Waals surface area contributed by atoms with Gasteiger partial charge < -0.3 is 9.52 Å². The number of oxazole rings is 1. The Labute approximate surface area is 109 Å². The highest BCUT2D eigenvalue weighted by Crippen LogP contribution is 2.30. The molecule has 0 bridgehead atoms. The zero-order valence-corrected chi connectivity index (χ0v) is 11.3. The van der Waals surface area contributed by atoms with Crippen LogP contribution in [0.5, 0.6) is 0 Å². The van der Waals surface area contributed by atoms with Crippen LogP contribution in [0.1, 0.15) is 5.69 Å². The van der Waals surface area contributed by atoms with Crippen LogP contribution in [0.4, 0.5) is 0 Å². The van der Waals surface area contributed by atoms with Crippen LogP contribution in [0, 0.1) is 3.57 Å². The summed E-state index contributed by atoms with van der Waals surface area (Å²) in [7, 11) is 0. The summed E-state index contributed by atoms with van der Waals surface area (Å²) in [4.78, 5) is 3.95. The Balaban J connectivity index is 2.58. The van der Waals surface area contributed by atoms with E-state index in [1.807, 2.05) is 18.2 Å². The minimum Gasteiger partial charge on any atom is -0.443 e. The number of rotatable bonds is 2. The van der Waals surface area contributed by atoms with Crippen LogP contribution in [0.15, 0.2) is 33.5 Å². The van der Waals surface area contributed by atoms with Crippen LogP contribution < -0.4 is 0 Å². The van der Waals surface area contributed by atoms with Crippen molar-refractivity contribution >= 4 is 38.5 Å². The molecular weight excluding hydrogens is 373 g/mol. The van der Waals surface area contributed by atoms with Crippen LogP contribution in [0.2, 0.25) is 0 Å². The van der Waals surface area contributed by atoms with E-state index in [-0.39, 0.29) is 6.61 Å². The van der Waals surface area contributed by atoms with Gasteiger partial charge in [-0.3, -0.25) is 0 Å². The van der Waals surface area contributed by atoms with Gasteiger partial charge in [0.15, 0.2) is 12.2 Å². The van der Waals surface area contributed by atoms with Crippen molar-refractivity contribution in [1.29, 1.82) is 0 Å². The smallest absolute Gasteiger partial charge is 0.181 e. The summed E-state index contributed by atoms with van der Waals surface area (Å²) in [5, 5.41) is 9.09. The number of aromatic nitrogens is 1. The third-order valence-corrected chi connectivity index (χ3v) is 3.40. The van der Waals surface area contributed by atoms with Gasteiger partial charge in [0, 0.05) is 13.6 Å². The van der Waals surface area contributed by atoms with Gasteiger partial charge in [-0.2, -0.15) is 0 Å². The Morgan fingerprint density at radius 3 is 3.00 bits per heavy atom. The molecule has 0 saturated carbocycles. The summed E-state index contributed by atoms with van der Waals surface area (Å²) in [5.74, 6) is 0.628. The van der Waals surface area contributed by atoms with E-state index < -0.39 is 0 Å². The summed E-state index contributed by atoms with van der Waals surface area (Å²) in [6, 6.07) is 5.88. The van der Waals surface area contributed by atoms with E-state index in [1.165, 1.54) is 6.39 Å². The molecule has 1 aromatic heterocycles. The van der Waals surface area contributed by atoms with E-state index in [9.17, 15) is 0 Å². The maximum Gasteiger partial charge on any atom is 0.181 e. The van der Waals surface area contributed by atoms with Gasteiger partial charge >= 0.3 is 0 Å². The summed E-state index contributed by atoms with van der Waals surface area (Å²) in [5.41, 5.74) is 1.50. The van der Waals surface area contributed by atoms with Crippen LogP contribution in [-0.2, 0) is 6.61 Å². The second-order valence-corrected chi connectivity index (χ2v) is 4.99. The second kappa shape index (κ2) is 4.63. The molecule has 0 unspecified atom stereocenters. The highest BCUT2D eigenvalue weighted by Gasteiger charge is 2.13. The zero-order chi connectivity index (χ0) is 10.8. The molecule has 0 fully saturated rings. The molecule has 5 heteroatoms. The molecule has 78 valence electrons. The SMILES string of the molecule is OCc1ncoc1-c1cc(Br)ccc1I. The standard InChI is InChI=1S/C10H7BrINO2/c11-6-1-2-8(12)7(3-6)10-9(4-14)13-5-15-10/h1-3,5,14H,4H2. The highest BCUT2D eigenvalue weighted by molar-refractivity contribution is 14.1. The Hall–Kier alpha value is -0.400. The summed E-state index contributed by atoms with van der Waals surface area (Å²) < 4.78 is 7.31. The molecule has 0 radical (unpaired) electrons. The van der Waals surface area contributed by atoms with Gasteiger partial charge in [-0.15, -0.1) is 0 Å². The van der Waals surface area contributed by atoms with Crippen molar-refractivity contribution in [3.05, 3.63) is 38.3 Å². The molecule has 2 aromatic rings. The molecule has 0 atom stereocenters. The molecule has 1 aromatic carbocycles. The molecular formula is C10H7BrINO2. The van der Waals surface area contributed by atoms with Crippen LogP contribution >= 0.6 is 38.5 Å². The van der Waals surface area contributed by atoms with Gasteiger partial charge in [0.05, 0.1) is 6.61 Å². The van der Waals surface area contributed by atoms with Crippen molar-refractivity contribution in [1.82, 2.24) is 4.98 Å². The monoisotopic (exact) mass is 379 g/mol. The maximum atomic E-state index is 9.09. The third kappa shape index (κ3) is 2.24. The summed E-state index contributed by atoms with van der Waals surface area (Å²) in [6.45, 7) is -0.117. The van der Waals surface area contributed by atoms with Gasteiger partial charge in [0.1, 0.15) is 5.69 Å². The van der Waals surface area contributed by atoms with E-state index >= 15 is 0 Å². The van der Waals surface area contributed by atoms with Crippen LogP contribution in [0.3, 0.4) is 0 Å². The lowest BCUT2D eigenvalue weighted by molar-refractivity contribution is 0.277. The Morgan fingerprint density at radius 1 is 1.47 bits per heavy atom. The zero-order valence-electron chi connectivity index (χ0n) is 7.58. The van der Waals surface area contributed by atoms with E-state index in [0.29, 0.717) is 11.5 Å². The number of aliphatic hydroxyl groups excluding tert-OH is 1. The fourth-order valence-corrected chi connectivity index (χ4v) is 2.21. The lowest BCUT2D eigenvalue weighted by Crippen LogP contribution is -1.89. The van der Waals surface area contributed by atoms with E-state index in [2.05, 4.69) is 43.5 Å². The first-order valence-corrected chi connectivity index (χ1v) is 6.08. The molecule has 0 spiro atoms. The van der Waals surface area contributed by atoms with Crippen molar-refractivity contribution in [3.8, 4) is 11.3 Å². The van der Waals surface area contributed by atoms with Gasteiger partial charge in [-0.25, -0.2) is 4.98 Å². The number of benzene rings is 1. The normalized spacial score (nSPS) is 10.6. The van der Waals surface area contributed by atoms with Crippen LogP contribution in [0.25, 0.3) is 11.3 Å². The Bertz CT molecular complexity index is 484. The fraction of sp³-hybridized carbons (Fsp3) is 0.100. The lowest BCUT2D eigenvalue weighted by atomic mass is 10.1. The number of hydrogen-bond acceptors (Lipinski definition) is 3. The minimum atomic E-state index is -0.117. The topological polar surface area (TPSA) is 46.3 Å². The fourth-order valence-electron chi connectivity index (χ4n) is 1.27. The van der Waals surface area contributed by atoms with E-state index in [1.54, 1.807) is 0 Å². The predicted molar refractivity (Wildman–Crippen MR) is 68.3 cm³/mol. The van der Waals surface area contributed by atoms with Gasteiger partial charge in [0.2, 0.25) is 0 Å². The van der Waals surface area contributed by atoms with Crippen molar-refractivity contribution in [2.24, 2.45) is 0 Å². The maximum absolute atomic E-state index is 9.09. The van der Waals surface area contributed by atoms with Crippen molar-refractivity contribution in [3.63, 3.8) is 0 Å². The molecule has 2 rings (SSSR count). The summed E-state index contributed by atoms with van der Waals surface area (Å²) >= 11 is 5.62. The number of halogens is 2. The Morgan fingerprint density at radius 2 is 2.27 bits per heavy atom. The number of nitrogens with zero attached hydrogens (tertiary/aromatic N) is 1. The van der Waals surface area contributed by atoms with Crippen LogP contribution in [-0.4, -0.2) is 10.1 Å². The average Bonchev–Trinajstić information content (AvgIpc) is 2.69. The van der Waals surface area contributed by atoms with Crippen molar-refractivity contribution in [2.45, 2.75) is 6.61 Å². The number of aliphatic hydroxyl groups is 1. The summed E-state index contributed by atoms with van der Waals surface area (Å²) in [6.07, 6.45) is 1.35. The lowest BCUT2D eigenvalue weighted by Gasteiger charge is -2.02. The first-order chi connectivity index (χ1) is 7.22. The molecule has 0 aliphatic carbocycles. The molecule has 3 nitrogen and oxygen atoms in total. The quantitative estimate of drug-likeness (QED) is 0.815. The largest absolute Gasteiger partial charge is 0.443 e. The van der Waals surface area contributed by atoms with Gasteiger partial charge in [0.25, 0.3) is 0 Å². The van der Waals surface area contributed by atoms with Crippen molar-refractivity contribution in [2.75, 3.05) is 0 Å². The first-order valence-electron chi connectivity index (χ1n) is 4.21. The molecule has 1 N–H and O–H groups in total. The molecule has 0 aliphatic rings. The van der Waals surface area contributed by atoms with Gasteiger partial charge in [-0.1, -0.05) is 15.9 Å². The van der Waals surface area contributed by atoms with Gasteiger partial charge in [-0.05, 0) is 40.8 Å². The minimum absolute atomic E-state index is 0.117. The van der Waals surface area contributed by atoms with E-state index in [4.69, 9.17) is 9.52 Å². The molecule has 0 amide bonds. The van der Waals surface area contributed by atoms with E-state index in [0.717, 1.165) is 13.6 Å². The predicted octanol–water partition coefficient (Wildman–Crippen LogP) is 3.20. The Kier molecular flexibility index (Phi) is 3.42. The van der Waals surface area contributed by atoms with Crippen molar-refractivity contribution < 1.29 is 9.52 Å². The molecule has 15 heavy (non-hydrogen) atoms. The highest BCUT2D eigenvalue weighted by atomic mass is 127. The third-order valence-electron chi connectivity index (χ3n) is 1.96. The first kappa shape index (κ1) is 11.1. The molecule has 0 saturated heterocycles. The number of hydrogen-bond donors (Lipinski definition) is 1. The molecule has 0 aliphatic heterocycles. The molecule has 1 heterocycles.